The molecule has 166 valence electrons. The van der Waals surface area contributed by atoms with E-state index in [0.29, 0.717) is 25.9 Å². The number of methoxy groups -OCH3 is 1. The average molecular weight is 431 g/mol. The van der Waals surface area contributed by atoms with E-state index in [9.17, 15) is 9.90 Å². The van der Waals surface area contributed by atoms with Gasteiger partial charge in [0.1, 0.15) is 5.75 Å². The zero-order chi connectivity index (χ0) is 22.1. The second-order valence-corrected chi connectivity index (χ2v) is 8.91. The van der Waals surface area contributed by atoms with E-state index >= 15 is 0 Å². The molecule has 3 aromatic rings. The molecule has 2 aliphatic rings. The van der Waals surface area contributed by atoms with Gasteiger partial charge in [0.2, 0.25) is 5.91 Å². The summed E-state index contributed by atoms with van der Waals surface area (Å²) in [6, 6.07) is 16.9. The van der Waals surface area contributed by atoms with E-state index in [4.69, 9.17) is 4.74 Å². The lowest BCUT2D eigenvalue weighted by atomic mass is 9.76. The molecule has 0 saturated heterocycles. The van der Waals surface area contributed by atoms with Crippen molar-refractivity contribution in [3.05, 3.63) is 77.5 Å². The Bertz CT molecular complexity index is 1160. The van der Waals surface area contributed by atoms with Crippen molar-refractivity contribution in [2.45, 2.75) is 32.2 Å². The molecule has 0 fully saturated rings. The highest BCUT2D eigenvalue weighted by Gasteiger charge is 2.41. The number of hydrogen-bond acceptors (Lipinski definition) is 3. The fraction of sp³-hybridized carbons (Fsp3) is 0.370. The van der Waals surface area contributed by atoms with Crippen LogP contribution in [0.5, 0.6) is 5.75 Å². The number of aromatic nitrogens is 1. The van der Waals surface area contributed by atoms with Crippen LogP contribution in [0.15, 0.2) is 60.7 Å². The number of aliphatic hydroxyl groups is 1. The first kappa shape index (κ1) is 20.8. The number of amides is 1. The van der Waals surface area contributed by atoms with E-state index in [2.05, 4.69) is 53.1 Å². The highest BCUT2D eigenvalue weighted by molar-refractivity contribution is 5.88. The van der Waals surface area contributed by atoms with Crippen molar-refractivity contribution in [3.63, 3.8) is 0 Å². The van der Waals surface area contributed by atoms with Crippen molar-refractivity contribution in [3.8, 4) is 5.75 Å². The Morgan fingerprint density at radius 3 is 2.69 bits per heavy atom. The van der Waals surface area contributed by atoms with Crippen LogP contribution in [0.25, 0.3) is 10.9 Å². The van der Waals surface area contributed by atoms with Crippen LogP contribution < -0.4 is 4.74 Å². The molecule has 1 aromatic heterocycles. The number of ether oxygens (including phenoxy) is 1. The maximum Gasteiger partial charge on any atom is 0.232 e. The number of rotatable bonds is 5. The topological polar surface area (TPSA) is 54.7 Å². The normalized spacial score (nSPS) is 20.6. The molecule has 0 unspecified atom stereocenters. The Morgan fingerprint density at radius 2 is 1.91 bits per heavy atom. The van der Waals surface area contributed by atoms with Gasteiger partial charge in [-0.1, -0.05) is 42.5 Å². The molecule has 5 nitrogen and oxygen atoms in total. The number of carbonyl (C=O) groups is 1. The number of benzene rings is 2. The van der Waals surface area contributed by atoms with Crippen LogP contribution in [-0.4, -0.2) is 47.3 Å². The minimum absolute atomic E-state index is 0.0195. The summed E-state index contributed by atoms with van der Waals surface area (Å²) in [5.41, 5.74) is 4.53. The summed E-state index contributed by atoms with van der Waals surface area (Å²) in [5.74, 6) is 1.03. The van der Waals surface area contributed by atoms with Crippen molar-refractivity contribution in [2.24, 2.45) is 5.41 Å². The summed E-state index contributed by atoms with van der Waals surface area (Å²) < 4.78 is 7.75. The number of fused-ring (bicyclic) bond motifs is 5. The second kappa shape index (κ2) is 8.47. The predicted molar refractivity (Wildman–Crippen MR) is 126 cm³/mol. The molecule has 1 N–H and O–H groups in total. The lowest BCUT2D eigenvalue weighted by Gasteiger charge is -2.37. The van der Waals surface area contributed by atoms with E-state index in [-0.39, 0.29) is 12.5 Å². The van der Waals surface area contributed by atoms with Crippen molar-refractivity contribution >= 4 is 16.8 Å². The summed E-state index contributed by atoms with van der Waals surface area (Å²) in [7, 11) is 1.69. The van der Waals surface area contributed by atoms with Crippen LogP contribution in [0.2, 0.25) is 0 Å². The standard InChI is InChI=1S/C27H30N2O3/c1-32-21-9-7-20(8-10-21)19-29-24-6-3-2-5-22(24)23-12-17-28-16-4-13-27(15-18-30,26(28)31)14-11-25(23)29/h2-10,13,30H,11-12,14-19H2,1H3/t27-/m1/s1. The maximum atomic E-state index is 13.4. The molecule has 0 aliphatic carbocycles. The molecule has 0 saturated carbocycles. The summed E-state index contributed by atoms with van der Waals surface area (Å²) in [5, 5.41) is 11.0. The first-order valence-corrected chi connectivity index (χ1v) is 11.4. The molecule has 3 heterocycles. The monoisotopic (exact) mass is 430 g/mol. The molecule has 0 radical (unpaired) electrons. The second-order valence-electron chi connectivity index (χ2n) is 8.91. The third-order valence-corrected chi connectivity index (χ3v) is 7.17. The number of nitrogens with zero attached hydrogens (tertiary/aromatic N) is 2. The van der Waals surface area contributed by atoms with Crippen molar-refractivity contribution < 1.29 is 14.6 Å². The smallest absolute Gasteiger partial charge is 0.232 e. The SMILES string of the molecule is COc1ccc(Cn2c3c(c4ccccc42)CCN2CC=C[C@](CCO)(CC3)C2=O)cc1. The Balaban J connectivity index is 1.60. The Morgan fingerprint density at radius 1 is 1.09 bits per heavy atom. The van der Waals surface area contributed by atoms with Crippen LogP contribution >= 0.6 is 0 Å². The largest absolute Gasteiger partial charge is 0.497 e. The lowest BCUT2D eigenvalue weighted by Crippen LogP contribution is -2.47. The molecular formula is C27H30N2O3. The number of hydrogen-bond donors (Lipinski definition) is 1. The molecular weight excluding hydrogens is 400 g/mol. The van der Waals surface area contributed by atoms with Crippen LogP contribution in [-0.2, 0) is 24.2 Å². The molecule has 0 spiro atoms. The quantitative estimate of drug-likeness (QED) is 0.624. The van der Waals surface area contributed by atoms with Crippen LogP contribution in [0, 0.1) is 5.41 Å². The summed E-state index contributed by atoms with van der Waals surface area (Å²) in [4.78, 5) is 15.3. The fourth-order valence-corrected chi connectivity index (χ4v) is 5.45. The maximum absolute atomic E-state index is 13.4. The highest BCUT2D eigenvalue weighted by atomic mass is 16.5. The number of aliphatic hydroxyl groups excluding tert-OH is 1. The zero-order valence-electron chi connectivity index (χ0n) is 18.6. The first-order valence-electron chi connectivity index (χ1n) is 11.4. The van der Waals surface area contributed by atoms with Gasteiger partial charge in [-0.25, -0.2) is 0 Å². The van der Waals surface area contributed by atoms with Gasteiger partial charge in [0.05, 0.1) is 12.5 Å². The molecule has 1 atom stereocenters. The average Bonchev–Trinajstić information content (AvgIpc) is 3.12. The van der Waals surface area contributed by atoms with E-state index in [1.807, 2.05) is 17.0 Å². The van der Waals surface area contributed by atoms with Crippen LogP contribution in [0.3, 0.4) is 0 Å². The van der Waals surface area contributed by atoms with Gasteiger partial charge in [0.15, 0.2) is 0 Å². The zero-order valence-corrected chi connectivity index (χ0v) is 18.6. The van der Waals surface area contributed by atoms with Gasteiger partial charge in [-0.2, -0.15) is 0 Å². The molecule has 5 rings (SSSR count). The summed E-state index contributed by atoms with van der Waals surface area (Å²) in [6.07, 6.45) is 7.02. The lowest BCUT2D eigenvalue weighted by molar-refractivity contribution is -0.141. The summed E-state index contributed by atoms with van der Waals surface area (Å²) in [6.45, 7) is 2.16. The van der Waals surface area contributed by atoms with E-state index in [1.54, 1.807) is 7.11 Å². The molecule has 2 bridgehead atoms. The number of carbonyl (C=O) groups excluding carboxylic acids is 1. The van der Waals surface area contributed by atoms with Crippen LogP contribution in [0.4, 0.5) is 0 Å². The Kier molecular flexibility index (Phi) is 5.51. The van der Waals surface area contributed by atoms with Crippen molar-refractivity contribution in [2.75, 3.05) is 26.8 Å². The fourth-order valence-electron chi connectivity index (χ4n) is 5.45. The minimum atomic E-state index is -0.601. The highest BCUT2D eigenvalue weighted by Crippen LogP contribution is 2.39. The van der Waals surface area contributed by atoms with Crippen LogP contribution in [0.1, 0.15) is 29.7 Å². The number of para-hydroxylation sites is 1. The first-order chi connectivity index (χ1) is 15.6. The van der Waals surface area contributed by atoms with Gasteiger partial charge in [0.25, 0.3) is 0 Å². The van der Waals surface area contributed by atoms with Gasteiger partial charge >= 0.3 is 0 Å². The van der Waals surface area contributed by atoms with E-state index in [1.165, 1.54) is 27.7 Å². The third-order valence-electron chi connectivity index (χ3n) is 7.17. The van der Waals surface area contributed by atoms with Gasteiger partial charge in [0, 0.05) is 42.8 Å². The molecule has 2 aromatic carbocycles. The predicted octanol–water partition coefficient (Wildman–Crippen LogP) is 3.95. The van der Waals surface area contributed by atoms with Gasteiger partial charge < -0.3 is 19.3 Å². The summed E-state index contributed by atoms with van der Waals surface area (Å²) >= 11 is 0. The van der Waals surface area contributed by atoms with Crippen molar-refractivity contribution in [1.29, 1.82) is 0 Å². The molecule has 2 aliphatic heterocycles. The van der Waals surface area contributed by atoms with Gasteiger partial charge in [-0.3, -0.25) is 4.79 Å². The molecule has 5 heteroatoms. The Labute approximate surface area is 188 Å². The minimum Gasteiger partial charge on any atom is -0.497 e. The van der Waals surface area contributed by atoms with Gasteiger partial charge in [-0.05, 0) is 55.0 Å². The third kappa shape index (κ3) is 3.51. The van der Waals surface area contributed by atoms with E-state index in [0.717, 1.165) is 25.1 Å². The Hall–Kier alpha value is -3.05. The molecule has 1 amide bonds. The van der Waals surface area contributed by atoms with Crippen molar-refractivity contribution in [1.82, 2.24) is 9.47 Å². The molecule has 32 heavy (non-hydrogen) atoms. The van der Waals surface area contributed by atoms with E-state index < -0.39 is 5.41 Å². The van der Waals surface area contributed by atoms with Gasteiger partial charge in [-0.15, -0.1) is 0 Å².